The standard InChI is InChI=1S/C7H13NO/c1-3-6(2)8-4-7(9)5-8/h3,6-7,9H,1,4-5H2,2H3. The van der Waals surface area contributed by atoms with Crippen molar-refractivity contribution in [3.63, 3.8) is 0 Å². The lowest BCUT2D eigenvalue weighted by Crippen LogP contribution is -2.53. The largest absolute Gasteiger partial charge is 0.390 e. The van der Waals surface area contributed by atoms with Gasteiger partial charge in [0, 0.05) is 19.1 Å². The zero-order valence-corrected chi connectivity index (χ0v) is 5.75. The minimum absolute atomic E-state index is 0.0904. The Labute approximate surface area is 55.8 Å². The summed E-state index contributed by atoms with van der Waals surface area (Å²) in [6, 6.07) is 0.424. The van der Waals surface area contributed by atoms with Crippen LogP contribution < -0.4 is 0 Å². The van der Waals surface area contributed by atoms with Crippen LogP contribution in [0.5, 0.6) is 0 Å². The number of hydrogen-bond acceptors (Lipinski definition) is 2. The summed E-state index contributed by atoms with van der Waals surface area (Å²) in [5, 5.41) is 8.89. The Balaban J connectivity index is 2.23. The predicted molar refractivity (Wildman–Crippen MR) is 37.2 cm³/mol. The van der Waals surface area contributed by atoms with Gasteiger partial charge in [-0.15, -0.1) is 6.58 Å². The monoisotopic (exact) mass is 127 g/mol. The van der Waals surface area contributed by atoms with Crippen LogP contribution in [0, 0.1) is 0 Å². The van der Waals surface area contributed by atoms with E-state index in [4.69, 9.17) is 5.11 Å². The van der Waals surface area contributed by atoms with Crippen molar-refractivity contribution in [1.29, 1.82) is 0 Å². The number of hydrogen-bond donors (Lipinski definition) is 1. The second-order valence-electron chi connectivity index (χ2n) is 2.58. The maximum atomic E-state index is 8.89. The summed E-state index contributed by atoms with van der Waals surface area (Å²) in [5.74, 6) is 0. The fourth-order valence-electron chi connectivity index (χ4n) is 0.970. The summed E-state index contributed by atoms with van der Waals surface area (Å²) >= 11 is 0. The smallest absolute Gasteiger partial charge is 0.0794 e. The van der Waals surface area contributed by atoms with Gasteiger partial charge in [0.2, 0.25) is 0 Å². The zero-order valence-electron chi connectivity index (χ0n) is 5.75. The first kappa shape index (κ1) is 6.78. The molecule has 1 unspecified atom stereocenters. The van der Waals surface area contributed by atoms with Crippen LogP contribution in [-0.4, -0.2) is 35.2 Å². The highest BCUT2D eigenvalue weighted by Crippen LogP contribution is 2.11. The third kappa shape index (κ3) is 1.32. The second kappa shape index (κ2) is 2.50. The molecule has 0 aliphatic carbocycles. The first-order valence-electron chi connectivity index (χ1n) is 3.28. The highest BCUT2D eigenvalue weighted by molar-refractivity contribution is 4.91. The van der Waals surface area contributed by atoms with Crippen molar-refractivity contribution in [2.45, 2.75) is 19.1 Å². The molecule has 1 fully saturated rings. The van der Waals surface area contributed by atoms with E-state index in [1.807, 2.05) is 6.08 Å². The van der Waals surface area contributed by atoms with Gasteiger partial charge in [-0.05, 0) is 6.92 Å². The first-order valence-corrected chi connectivity index (χ1v) is 3.28. The van der Waals surface area contributed by atoms with Crippen molar-refractivity contribution in [2.24, 2.45) is 0 Å². The minimum atomic E-state index is -0.0904. The molecule has 52 valence electrons. The molecule has 0 aromatic rings. The minimum Gasteiger partial charge on any atom is -0.390 e. The number of rotatable bonds is 2. The highest BCUT2D eigenvalue weighted by Gasteiger charge is 2.26. The molecule has 1 N–H and O–H groups in total. The molecule has 0 aromatic heterocycles. The molecule has 1 aliphatic heterocycles. The number of aliphatic hydroxyl groups excluding tert-OH is 1. The van der Waals surface area contributed by atoms with Gasteiger partial charge in [-0.2, -0.15) is 0 Å². The molecule has 2 nitrogen and oxygen atoms in total. The predicted octanol–water partition coefficient (Wildman–Crippen LogP) is 0.237. The van der Waals surface area contributed by atoms with Crippen molar-refractivity contribution in [3.05, 3.63) is 12.7 Å². The van der Waals surface area contributed by atoms with Crippen LogP contribution in [0.15, 0.2) is 12.7 Å². The van der Waals surface area contributed by atoms with Gasteiger partial charge in [-0.25, -0.2) is 0 Å². The van der Waals surface area contributed by atoms with Gasteiger partial charge in [0.25, 0.3) is 0 Å². The van der Waals surface area contributed by atoms with Crippen LogP contribution in [0.25, 0.3) is 0 Å². The zero-order chi connectivity index (χ0) is 6.85. The summed E-state index contributed by atoms with van der Waals surface area (Å²) in [6.07, 6.45) is 1.80. The molecule has 9 heavy (non-hydrogen) atoms. The van der Waals surface area contributed by atoms with Crippen molar-refractivity contribution >= 4 is 0 Å². The summed E-state index contributed by atoms with van der Waals surface area (Å²) < 4.78 is 0. The van der Waals surface area contributed by atoms with Crippen molar-refractivity contribution < 1.29 is 5.11 Å². The molecular weight excluding hydrogens is 114 g/mol. The summed E-state index contributed by atoms with van der Waals surface area (Å²) in [4.78, 5) is 2.18. The van der Waals surface area contributed by atoms with E-state index in [1.165, 1.54) is 0 Å². The molecule has 1 saturated heterocycles. The van der Waals surface area contributed by atoms with Gasteiger partial charge >= 0.3 is 0 Å². The molecule has 1 rings (SSSR count). The Morgan fingerprint density at radius 2 is 2.33 bits per heavy atom. The fraction of sp³-hybridized carbons (Fsp3) is 0.714. The van der Waals surface area contributed by atoms with Crippen LogP contribution in [-0.2, 0) is 0 Å². The van der Waals surface area contributed by atoms with E-state index in [0.717, 1.165) is 13.1 Å². The molecule has 0 amide bonds. The Kier molecular flexibility index (Phi) is 1.88. The van der Waals surface area contributed by atoms with E-state index in [0.29, 0.717) is 6.04 Å². The third-order valence-corrected chi connectivity index (χ3v) is 1.81. The molecule has 1 heterocycles. The number of aliphatic hydroxyl groups is 1. The topological polar surface area (TPSA) is 23.5 Å². The second-order valence-corrected chi connectivity index (χ2v) is 2.58. The first-order chi connectivity index (χ1) is 4.24. The van der Waals surface area contributed by atoms with Gasteiger partial charge in [0.05, 0.1) is 6.10 Å². The van der Waals surface area contributed by atoms with Crippen LogP contribution >= 0.6 is 0 Å². The molecule has 0 saturated carbocycles. The van der Waals surface area contributed by atoms with Crippen LogP contribution in [0.2, 0.25) is 0 Å². The fourth-order valence-corrected chi connectivity index (χ4v) is 0.970. The highest BCUT2D eigenvalue weighted by atomic mass is 16.3. The van der Waals surface area contributed by atoms with Gasteiger partial charge in [0.1, 0.15) is 0 Å². The molecule has 1 atom stereocenters. The van der Waals surface area contributed by atoms with Crippen LogP contribution in [0.1, 0.15) is 6.92 Å². The van der Waals surface area contributed by atoms with E-state index >= 15 is 0 Å². The van der Waals surface area contributed by atoms with Crippen molar-refractivity contribution in [3.8, 4) is 0 Å². The van der Waals surface area contributed by atoms with Gasteiger partial charge in [-0.1, -0.05) is 6.08 Å². The molecule has 1 aliphatic rings. The van der Waals surface area contributed by atoms with Crippen molar-refractivity contribution in [2.75, 3.05) is 13.1 Å². The Hall–Kier alpha value is -0.340. The molecule has 0 bridgehead atoms. The van der Waals surface area contributed by atoms with Crippen LogP contribution in [0.4, 0.5) is 0 Å². The molecular formula is C7H13NO. The Morgan fingerprint density at radius 1 is 1.78 bits per heavy atom. The Morgan fingerprint density at radius 3 is 2.67 bits per heavy atom. The summed E-state index contributed by atoms with van der Waals surface area (Å²) in [6.45, 7) is 7.37. The van der Waals surface area contributed by atoms with Gasteiger partial charge in [-0.3, -0.25) is 4.90 Å². The van der Waals surface area contributed by atoms with Crippen molar-refractivity contribution in [1.82, 2.24) is 4.90 Å². The quantitative estimate of drug-likeness (QED) is 0.537. The maximum Gasteiger partial charge on any atom is 0.0794 e. The molecule has 0 aromatic carbocycles. The van der Waals surface area contributed by atoms with E-state index in [9.17, 15) is 0 Å². The van der Waals surface area contributed by atoms with E-state index in [1.54, 1.807) is 0 Å². The van der Waals surface area contributed by atoms with Gasteiger partial charge in [0.15, 0.2) is 0 Å². The van der Waals surface area contributed by atoms with E-state index in [-0.39, 0.29) is 6.10 Å². The molecule has 0 spiro atoms. The Bertz CT molecular complexity index is 107. The number of β-amino-alcohol motifs (C(OH)–C–C–N with tert-alkyl or cyclic N) is 1. The summed E-state index contributed by atoms with van der Waals surface area (Å²) in [7, 11) is 0. The average Bonchev–Trinajstić information content (AvgIpc) is 1.79. The van der Waals surface area contributed by atoms with Gasteiger partial charge < -0.3 is 5.11 Å². The van der Waals surface area contributed by atoms with E-state index < -0.39 is 0 Å². The third-order valence-electron chi connectivity index (χ3n) is 1.81. The molecule has 0 radical (unpaired) electrons. The maximum absolute atomic E-state index is 8.89. The molecule has 2 heteroatoms. The lowest BCUT2D eigenvalue weighted by Gasteiger charge is -2.39. The lowest BCUT2D eigenvalue weighted by molar-refractivity contribution is -0.00982. The van der Waals surface area contributed by atoms with E-state index in [2.05, 4.69) is 18.4 Å². The number of nitrogens with zero attached hydrogens (tertiary/aromatic N) is 1. The van der Waals surface area contributed by atoms with Crippen LogP contribution in [0.3, 0.4) is 0 Å². The lowest BCUT2D eigenvalue weighted by atomic mass is 10.1. The number of likely N-dealkylation sites (tertiary alicyclic amines) is 1. The summed E-state index contributed by atoms with van der Waals surface area (Å²) in [5.41, 5.74) is 0. The normalized spacial score (nSPS) is 25.1. The average molecular weight is 127 g/mol. The SMILES string of the molecule is C=CC(C)N1CC(O)C1.